The van der Waals surface area contributed by atoms with Crippen LogP contribution in [0.3, 0.4) is 0 Å². The average molecular weight is 489 g/mol. The molecule has 0 bridgehead atoms. The molecule has 0 aliphatic heterocycles. The summed E-state index contributed by atoms with van der Waals surface area (Å²) in [5.41, 5.74) is 1.21. The third kappa shape index (κ3) is 6.77. The maximum atomic E-state index is 13.4. The van der Waals surface area contributed by atoms with Gasteiger partial charge in [0.25, 0.3) is 10.0 Å². The quantitative estimate of drug-likeness (QED) is 0.408. The summed E-state index contributed by atoms with van der Waals surface area (Å²) in [7, 11) is -4.19. The van der Waals surface area contributed by atoms with Gasteiger partial charge in [-0.25, -0.2) is 17.2 Å². The van der Waals surface area contributed by atoms with Crippen LogP contribution >= 0.6 is 0 Å². The first kappa shape index (κ1) is 25.2. The third-order valence-corrected chi connectivity index (χ3v) is 6.79. The highest BCUT2D eigenvalue weighted by molar-refractivity contribution is 7.92. The molecule has 0 aliphatic rings. The van der Waals surface area contributed by atoms with E-state index in [1.165, 1.54) is 12.1 Å². The van der Waals surface area contributed by atoms with E-state index in [0.717, 1.165) is 58.4 Å². The van der Waals surface area contributed by atoms with Crippen LogP contribution < -0.4 is 14.4 Å². The Balaban J connectivity index is 1.64. The normalized spacial score (nSPS) is 11.1. The van der Waals surface area contributed by atoms with Gasteiger partial charge in [0.15, 0.2) is 0 Å². The molecule has 9 heteroatoms. The fourth-order valence-electron chi connectivity index (χ4n) is 3.28. The van der Waals surface area contributed by atoms with Crippen molar-refractivity contribution >= 4 is 21.6 Å². The molecule has 0 radical (unpaired) electrons. The molecule has 180 valence electrons. The Kier molecular flexibility index (Phi) is 8.59. The van der Waals surface area contributed by atoms with Crippen LogP contribution in [0.5, 0.6) is 5.75 Å². The average Bonchev–Trinajstić information content (AvgIpc) is 2.82. The van der Waals surface area contributed by atoms with Gasteiger partial charge in [0, 0.05) is 6.54 Å². The Morgan fingerprint density at radius 2 is 1.50 bits per heavy atom. The fraction of sp³-hybridized carbons (Fsp3) is 0.240. The highest BCUT2D eigenvalue weighted by Gasteiger charge is 2.27. The Labute approximate surface area is 198 Å². The topological polar surface area (TPSA) is 75.7 Å². The van der Waals surface area contributed by atoms with E-state index in [1.54, 1.807) is 0 Å². The summed E-state index contributed by atoms with van der Waals surface area (Å²) in [4.78, 5) is 12.4. The number of amides is 1. The standard InChI is InChI=1S/C25H26F2N2O4S/c1-2-33-23-13-5-19(6-14-23)4-3-17-28-25(30)18-29(22-11-7-20(26)8-12-22)34(31,32)24-15-9-21(27)10-16-24/h5-16H,2-4,17-18H2,1H3,(H,28,30). The van der Waals surface area contributed by atoms with Crippen LogP contribution in [0, 0.1) is 11.6 Å². The summed E-state index contributed by atoms with van der Waals surface area (Å²) in [6.45, 7) is 2.35. The number of nitrogens with one attached hydrogen (secondary N) is 1. The minimum absolute atomic E-state index is 0.121. The van der Waals surface area contributed by atoms with Crippen LogP contribution in [0.15, 0.2) is 77.7 Å². The smallest absolute Gasteiger partial charge is 0.264 e. The van der Waals surface area contributed by atoms with Crippen molar-refractivity contribution < 1.29 is 26.7 Å². The van der Waals surface area contributed by atoms with Gasteiger partial charge in [-0.05, 0) is 86.0 Å². The molecule has 0 aromatic heterocycles. The largest absolute Gasteiger partial charge is 0.494 e. The molecule has 6 nitrogen and oxygen atoms in total. The molecule has 0 aliphatic carbocycles. The third-order valence-electron chi connectivity index (χ3n) is 5.00. The van der Waals surface area contributed by atoms with E-state index in [0.29, 0.717) is 19.6 Å². The predicted molar refractivity (Wildman–Crippen MR) is 126 cm³/mol. The van der Waals surface area contributed by atoms with Crippen LogP contribution in [0.2, 0.25) is 0 Å². The van der Waals surface area contributed by atoms with E-state index in [4.69, 9.17) is 4.74 Å². The zero-order valence-electron chi connectivity index (χ0n) is 18.7. The van der Waals surface area contributed by atoms with Gasteiger partial charge >= 0.3 is 0 Å². The van der Waals surface area contributed by atoms with Crippen molar-refractivity contribution in [3.05, 3.63) is 90.0 Å². The monoisotopic (exact) mass is 488 g/mol. The fourth-order valence-corrected chi connectivity index (χ4v) is 4.70. The molecule has 34 heavy (non-hydrogen) atoms. The lowest BCUT2D eigenvalue weighted by molar-refractivity contribution is -0.119. The summed E-state index contributed by atoms with van der Waals surface area (Å²) in [6.07, 6.45) is 1.38. The van der Waals surface area contributed by atoms with E-state index in [-0.39, 0.29) is 10.6 Å². The van der Waals surface area contributed by atoms with Crippen LogP contribution in [-0.4, -0.2) is 34.0 Å². The molecule has 0 fully saturated rings. The summed E-state index contributed by atoms with van der Waals surface area (Å²) >= 11 is 0. The molecular weight excluding hydrogens is 462 g/mol. The molecule has 0 heterocycles. The van der Waals surface area contributed by atoms with Gasteiger partial charge in [0.1, 0.15) is 23.9 Å². The number of nitrogens with zero attached hydrogens (tertiary/aromatic N) is 1. The first-order chi connectivity index (χ1) is 16.3. The van der Waals surface area contributed by atoms with E-state index in [1.807, 2.05) is 31.2 Å². The van der Waals surface area contributed by atoms with Gasteiger partial charge < -0.3 is 10.1 Å². The second-order valence-corrected chi connectivity index (χ2v) is 9.33. The number of hydrogen-bond donors (Lipinski definition) is 1. The molecule has 3 aromatic rings. The lowest BCUT2D eigenvalue weighted by atomic mass is 10.1. The number of hydrogen-bond acceptors (Lipinski definition) is 4. The molecule has 0 saturated heterocycles. The van der Waals surface area contributed by atoms with E-state index in [9.17, 15) is 22.0 Å². The van der Waals surface area contributed by atoms with Gasteiger partial charge in [0.2, 0.25) is 5.91 Å². The van der Waals surface area contributed by atoms with E-state index < -0.39 is 34.1 Å². The number of ether oxygens (including phenoxy) is 1. The summed E-state index contributed by atoms with van der Waals surface area (Å²) < 4.78 is 59.3. The van der Waals surface area contributed by atoms with Crippen molar-refractivity contribution in [1.29, 1.82) is 0 Å². The number of sulfonamides is 1. The van der Waals surface area contributed by atoms with Crippen molar-refractivity contribution in [2.45, 2.75) is 24.7 Å². The molecular formula is C25H26F2N2O4S. The molecule has 0 saturated carbocycles. The first-order valence-corrected chi connectivity index (χ1v) is 12.3. The number of halogens is 2. The highest BCUT2D eigenvalue weighted by Crippen LogP contribution is 2.24. The Morgan fingerprint density at radius 1 is 0.912 bits per heavy atom. The number of rotatable bonds is 11. The van der Waals surface area contributed by atoms with E-state index in [2.05, 4.69) is 5.32 Å². The van der Waals surface area contributed by atoms with Crippen molar-refractivity contribution in [2.24, 2.45) is 0 Å². The van der Waals surface area contributed by atoms with Crippen LogP contribution in [0.1, 0.15) is 18.9 Å². The number of anilines is 1. The molecule has 3 rings (SSSR count). The summed E-state index contributed by atoms with van der Waals surface area (Å²) in [5, 5.41) is 2.73. The van der Waals surface area contributed by atoms with Gasteiger partial charge in [-0.3, -0.25) is 9.10 Å². The Bertz CT molecular complexity index is 1180. The molecule has 0 unspecified atom stereocenters. The number of benzene rings is 3. The van der Waals surface area contributed by atoms with Crippen LogP contribution in [0.25, 0.3) is 0 Å². The predicted octanol–water partition coefficient (Wildman–Crippen LogP) is 4.31. The second kappa shape index (κ2) is 11.6. The minimum atomic E-state index is -4.19. The molecule has 0 spiro atoms. The minimum Gasteiger partial charge on any atom is -0.494 e. The molecule has 1 amide bonds. The van der Waals surface area contributed by atoms with Gasteiger partial charge in [0.05, 0.1) is 17.2 Å². The first-order valence-electron chi connectivity index (χ1n) is 10.8. The van der Waals surface area contributed by atoms with Gasteiger partial charge in [-0.15, -0.1) is 0 Å². The SMILES string of the molecule is CCOc1ccc(CCCNC(=O)CN(c2ccc(F)cc2)S(=O)(=O)c2ccc(F)cc2)cc1. The zero-order valence-corrected chi connectivity index (χ0v) is 19.5. The lowest BCUT2D eigenvalue weighted by Gasteiger charge is -2.24. The van der Waals surface area contributed by atoms with Crippen LogP contribution in [-0.2, 0) is 21.2 Å². The van der Waals surface area contributed by atoms with Gasteiger partial charge in [-0.2, -0.15) is 0 Å². The number of carbonyl (C=O) groups excluding carboxylic acids is 1. The Hall–Kier alpha value is -3.46. The van der Waals surface area contributed by atoms with Gasteiger partial charge in [-0.1, -0.05) is 12.1 Å². The summed E-state index contributed by atoms with van der Waals surface area (Å²) in [5.74, 6) is -0.844. The zero-order chi connectivity index (χ0) is 24.6. The summed E-state index contributed by atoms with van der Waals surface area (Å²) in [6, 6.07) is 16.7. The molecule has 3 aromatic carbocycles. The number of aryl methyl sites for hydroxylation is 1. The highest BCUT2D eigenvalue weighted by atomic mass is 32.2. The van der Waals surface area contributed by atoms with Crippen molar-refractivity contribution in [3.63, 3.8) is 0 Å². The van der Waals surface area contributed by atoms with Crippen LogP contribution in [0.4, 0.5) is 14.5 Å². The lowest BCUT2D eigenvalue weighted by Crippen LogP contribution is -2.41. The molecule has 1 N–H and O–H groups in total. The van der Waals surface area contributed by atoms with Crippen molar-refractivity contribution in [3.8, 4) is 5.75 Å². The van der Waals surface area contributed by atoms with E-state index >= 15 is 0 Å². The second-order valence-electron chi connectivity index (χ2n) is 7.47. The van der Waals surface area contributed by atoms with Crippen molar-refractivity contribution in [2.75, 3.05) is 24.0 Å². The van der Waals surface area contributed by atoms with Crippen molar-refractivity contribution in [1.82, 2.24) is 5.32 Å². The maximum Gasteiger partial charge on any atom is 0.264 e. The maximum absolute atomic E-state index is 13.4. The Morgan fingerprint density at radius 3 is 2.09 bits per heavy atom. The number of carbonyl (C=O) groups is 1. The molecule has 0 atom stereocenters.